The Bertz CT molecular complexity index is 2900. The van der Waals surface area contributed by atoms with Gasteiger partial charge >= 0.3 is 0 Å². The topological polar surface area (TPSA) is 46.5 Å². The Labute approximate surface area is 295 Å². The molecular formula is C47H32N4. The molecule has 4 nitrogen and oxygen atoms in total. The normalized spacial score (nSPS) is 11.6. The first-order valence-electron chi connectivity index (χ1n) is 17.3. The van der Waals surface area contributed by atoms with Gasteiger partial charge in [0.15, 0.2) is 0 Å². The first kappa shape index (κ1) is 29.2. The zero-order valence-electron chi connectivity index (χ0n) is 28.0. The van der Waals surface area contributed by atoms with Crippen LogP contribution in [-0.2, 0) is 0 Å². The van der Waals surface area contributed by atoms with E-state index in [1.165, 1.54) is 54.8 Å². The van der Waals surface area contributed by atoms with Gasteiger partial charge in [-0.05, 0) is 89.8 Å². The third-order valence-corrected chi connectivity index (χ3v) is 10.1. The summed E-state index contributed by atoms with van der Waals surface area (Å²) in [6.45, 7) is 2.05. The van der Waals surface area contributed by atoms with E-state index in [2.05, 4.69) is 160 Å². The van der Waals surface area contributed by atoms with Crippen molar-refractivity contribution in [2.45, 2.75) is 6.92 Å². The molecule has 0 saturated heterocycles. The molecule has 0 aliphatic rings. The van der Waals surface area contributed by atoms with Crippen molar-refractivity contribution in [2.24, 2.45) is 0 Å². The molecular weight excluding hydrogens is 621 g/mol. The van der Waals surface area contributed by atoms with E-state index in [4.69, 9.17) is 4.98 Å². The molecule has 10 rings (SSSR count). The summed E-state index contributed by atoms with van der Waals surface area (Å²) in [5, 5.41) is 4.87. The van der Waals surface area contributed by atoms with Gasteiger partial charge in [-0.25, -0.2) is 0 Å². The second-order valence-electron chi connectivity index (χ2n) is 13.2. The molecule has 10 aromatic rings. The molecule has 1 N–H and O–H groups in total. The van der Waals surface area contributed by atoms with Crippen LogP contribution in [0.2, 0.25) is 0 Å². The number of nitrogens with zero attached hydrogens (tertiary/aromatic N) is 3. The summed E-state index contributed by atoms with van der Waals surface area (Å²) in [5.74, 6) is 0. The van der Waals surface area contributed by atoms with Gasteiger partial charge in [-0.2, -0.15) is 0 Å². The van der Waals surface area contributed by atoms with Crippen molar-refractivity contribution in [3.63, 3.8) is 0 Å². The molecule has 0 amide bonds. The van der Waals surface area contributed by atoms with Crippen LogP contribution in [0, 0.1) is 6.92 Å². The molecule has 0 spiro atoms. The lowest BCUT2D eigenvalue weighted by Crippen LogP contribution is -1.93. The number of pyridine rings is 2. The SMILES string of the molecule is Cc1cc(-c2cccc3c2[nH]c2c(-c4ccc5c(c4)c4cc(-c6ccccc6)ccc4n5-c4ccccc4)cccc23)cc(-c2ccccn2)n1. The molecule has 4 heterocycles. The Kier molecular flexibility index (Phi) is 6.68. The highest BCUT2D eigenvalue weighted by molar-refractivity contribution is 6.17. The first-order chi connectivity index (χ1) is 25.2. The van der Waals surface area contributed by atoms with Gasteiger partial charge in [0.05, 0.1) is 33.5 Å². The van der Waals surface area contributed by atoms with E-state index in [1.807, 2.05) is 31.3 Å². The zero-order chi connectivity index (χ0) is 33.9. The number of rotatable bonds is 5. The van der Waals surface area contributed by atoms with Crippen molar-refractivity contribution in [2.75, 3.05) is 0 Å². The zero-order valence-corrected chi connectivity index (χ0v) is 28.0. The van der Waals surface area contributed by atoms with E-state index < -0.39 is 0 Å². The fraction of sp³-hybridized carbons (Fsp3) is 0.0213. The van der Waals surface area contributed by atoms with Crippen LogP contribution in [0.4, 0.5) is 0 Å². The molecule has 0 radical (unpaired) electrons. The Morgan fingerprint density at radius 1 is 0.451 bits per heavy atom. The van der Waals surface area contributed by atoms with Crippen molar-refractivity contribution in [1.82, 2.24) is 19.5 Å². The maximum absolute atomic E-state index is 4.82. The standard InChI is InChI=1S/C47H32N4/c1-30-26-34(29-43(49-30)42-20-8-9-25-48-42)37-17-11-19-39-38-18-10-16-36(46(38)50-47(37)39)33-22-24-45-41(28-33)40-27-32(31-12-4-2-5-13-31)21-23-44(40)51(45)35-14-6-3-7-15-35/h2-29,50H,1H3. The number of aryl methyl sites for hydroxylation is 1. The summed E-state index contributed by atoms with van der Waals surface area (Å²) in [4.78, 5) is 13.3. The van der Waals surface area contributed by atoms with E-state index in [0.29, 0.717) is 0 Å². The van der Waals surface area contributed by atoms with Crippen LogP contribution in [0.3, 0.4) is 0 Å². The minimum atomic E-state index is 0.869. The van der Waals surface area contributed by atoms with E-state index in [9.17, 15) is 0 Å². The monoisotopic (exact) mass is 652 g/mol. The number of H-pyrrole nitrogens is 1. The number of fused-ring (bicyclic) bond motifs is 6. The molecule has 6 aromatic carbocycles. The lowest BCUT2D eigenvalue weighted by atomic mass is 9.98. The molecule has 0 saturated carbocycles. The summed E-state index contributed by atoms with van der Waals surface area (Å²) < 4.78 is 2.38. The van der Waals surface area contributed by atoms with Crippen LogP contribution >= 0.6 is 0 Å². The van der Waals surface area contributed by atoms with Crippen molar-refractivity contribution in [3.8, 4) is 50.5 Å². The van der Waals surface area contributed by atoms with Gasteiger partial charge in [-0.1, -0.05) is 103 Å². The van der Waals surface area contributed by atoms with Crippen LogP contribution in [0.5, 0.6) is 0 Å². The molecule has 4 heteroatoms. The number of aromatic nitrogens is 4. The smallest absolute Gasteiger partial charge is 0.0895 e. The molecule has 4 aromatic heterocycles. The van der Waals surface area contributed by atoms with E-state index >= 15 is 0 Å². The van der Waals surface area contributed by atoms with Crippen LogP contribution in [0.1, 0.15) is 5.69 Å². The maximum atomic E-state index is 4.82. The van der Waals surface area contributed by atoms with Gasteiger partial charge in [-0.15, -0.1) is 0 Å². The summed E-state index contributed by atoms with van der Waals surface area (Å²) in [5.41, 5.74) is 15.5. The van der Waals surface area contributed by atoms with Crippen LogP contribution in [0.15, 0.2) is 170 Å². The Morgan fingerprint density at radius 3 is 1.76 bits per heavy atom. The largest absolute Gasteiger partial charge is 0.353 e. The molecule has 0 aliphatic heterocycles. The number of para-hydroxylation sites is 3. The van der Waals surface area contributed by atoms with E-state index in [-0.39, 0.29) is 0 Å². The number of nitrogens with one attached hydrogen (secondary N) is 1. The number of hydrogen-bond donors (Lipinski definition) is 1. The van der Waals surface area contributed by atoms with E-state index in [0.717, 1.165) is 44.9 Å². The van der Waals surface area contributed by atoms with Crippen molar-refractivity contribution < 1.29 is 0 Å². The second kappa shape index (κ2) is 11.7. The summed E-state index contributed by atoms with van der Waals surface area (Å²) in [6, 6.07) is 58.6. The minimum absolute atomic E-state index is 0.869. The second-order valence-corrected chi connectivity index (χ2v) is 13.2. The van der Waals surface area contributed by atoms with Crippen LogP contribution in [0.25, 0.3) is 94.1 Å². The molecule has 0 aliphatic carbocycles. The third-order valence-electron chi connectivity index (χ3n) is 10.1. The molecule has 51 heavy (non-hydrogen) atoms. The van der Waals surface area contributed by atoms with Crippen LogP contribution in [-0.4, -0.2) is 19.5 Å². The fourth-order valence-corrected chi connectivity index (χ4v) is 7.75. The highest BCUT2D eigenvalue weighted by Crippen LogP contribution is 2.41. The predicted octanol–water partition coefficient (Wildman–Crippen LogP) is 12.2. The van der Waals surface area contributed by atoms with Gasteiger partial charge in [0.2, 0.25) is 0 Å². The highest BCUT2D eigenvalue weighted by Gasteiger charge is 2.18. The quantitative estimate of drug-likeness (QED) is 0.201. The van der Waals surface area contributed by atoms with Crippen molar-refractivity contribution in [1.29, 1.82) is 0 Å². The Balaban J connectivity index is 1.17. The maximum Gasteiger partial charge on any atom is 0.0895 e. The lowest BCUT2D eigenvalue weighted by molar-refractivity contribution is 1.18. The Morgan fingerprint density at radius 2 is 1.08 bits per heavy atom. The van der Waals surface area contributed by atoms with Gasteiger partial charge < -0.3 is 9.55 Å². The molecule has 0 atom stereocenters. The minimum Gasteiger partial charge on any atom is -0.353 e. The number of hydrogen-bond acceptors (Lipinski definition) is 2. The molecule has 0 fully saturated rings. The molecule has 0 bridgehead atoms. The van der Waals surface area contributed by atoms with Gasteiger partial charge in [-0.3, -0.25) is 9.97 Å². The fourth-order valence-electron chi connectivity index (χ4n) is 7.75. The molecule has 240 valence electrons. The summed E-state index contributed by atoms with van der Waals surface area (Å²) >= 11 is 0. The third kappa shape index (κ3) is 4.84. The number of aromatic amines is 1. The van der Waals surface area contributed by atoms with Gasteiger partial charge in [0.25, 0.3) is 0 Å². The van der Waals surface area contributed by atoms with Gasteiger partial charge in [0.1, 0.15) is 0 Å². The summed E-state index contributed by atoms with van der Waals surface area (Å²) in [7, 11) is 0. The Hall–Kier alpha value is -6.78. The molecule has 0 unspecified atom stereocenters. The average Bonchev–Trinajstić information content (AvgIpc) is 3.74. The summed E-state index contributed by atoms with van der Waals surface area (Å²) in [6.07, 6.45) is 1.82. The van der Waals surface area contributed by atoms with Crippen molar-refractivity contribution in [3.05, 3.63) is 176 Å². The van der Waals surface area contributed by atoms with Crippen LogP contribution < -0.4 is 0 Å². The predicted molar refractivity (Wildman–Crippen MR) is 212 cm³/mol. The lowest BCUT2D eigenvalue weighted by Gasteiger charge is -2.09. The highest BCUT2D eigenvalue weighted by atomic mass is 15.0. The average molecular weight is 653 g/mol. The van der Waals surface area contributed by atoms with Gasteiger partial charge in [0, 0.05) is 50.2 Å². The van der Waals surface area contributed by atoms with E-state index in [1.54, 1.807) is 0 Å². The number of benzene rings is 6. The van der Waals surface area contributed by atoms with Crippen molar-refractivity contribution >= 4 is 43.6 Å². The first-order valence-corrected chi connectivity index (χ1v) is 17.3.